The number of ether oxygens (including phenoxy) is 1. The highest BCUT2D eigenvalue weighted by Crippen LogP contribution is 2.28. The predicted octanol–water partition coefficient (Wildman–Crippen LogP) is 1.50. The molecule has 1 fully saturated rings. The summed E-state index contributed by atoms with van der Waals surface area (Å²) in [6.07, 6.45) is 3.60. The first-order valence-electron chi connectivity index (χ1n) is 6.04. The summed E-state index contributed by atoms with van der Waals surface area (Å²) in [5.74, 6) is 0.0592. The van der Waals surface area contributed by atoms with Crippen molar-refractivity contribution in [1.29, 1.82) is 0 Å². The third kappa shape index (κ3) is 5.47. The molecule has 0 saturated heterocycles. The lowest BCUT2D eigenvalue weighted by molar-refractivity contribution is -0.146. The normalized spacial score (nSPS) is 16.4. The van der Waals surface area contributed by atoms with Gasteiger partial charge in [0.1, 0.15) is 0 Å². The van der Waals surface area contributed by atoms with Crippen LogP contribution < -0.4 is 5.32 Å². The van der Waals surface area contributed by atoms with Crippen LogP contribution in [0.3, 0.4) is 0 Å². The van der Waals surface area contributed by atoms with Gasteiger partial charge in [-0.05, 0) is 45.6 Å². The Kier molecular flexibility index (Phi) is 5.22. The monoisotopic (exact) mass is 229 g/mol. The lowest BCUT2D eigenvalue weighted by Gasteiger charge is -2.19. The minimum atomic E-state index is -0.759. The van der Waals surface area contributed by atoms with Crippen LogP contribution in [0.4, 0.5) is 0 Å². The molecule has 0 aromatic rings. The molecule has 0 aromatic heterocycles. The highest BCUT2D eigenvalue weighted by atomic mass is 16.5. The minimum Gasteiger partial charge on any atom is -0.481 e. The summed E-state index contributed by atoms with van der Waals surface area (Å²) in [7, 11) is 0. The van der Waals surface area contributed by atoms with Gasteiger partial charge >= 0.3 is 5.97 Å². The van der Waals surface area contributed by atoms with Gasteiger partial charge in [-0.1, -0.05) is 0 Å². The molecule has 0 aromatic carbocycles. The number of carboxylic acids is 1. The van der Waals surface area contributed by atoms with E-state index >= 15 is 0 Å². The Hall–Kier alpha value is -0.610. The van der Waals surface area contributed by atoms with Gasteiger partial charge in [-0.2, -0.15) is 0 Å². The summed E-state index contributed by atoms with van der Waals surface area (Å²) >= 11 is 0. The topological polar surface area (TPSA) is 58.6 Å². The van der Waals surface area contributed by atoms with E-state index in [1.165, 1.54) is 12.8 Å². The Bertz CT molecular complexity index is 224. The largest absolute Gasteiger partial charge is 0.481 e. The molecule has 0 amide bonds. The maximum atomic E-state index is 10.8. The van der Waals surface area contributed by atoms with Gasteiger partial charge in [0, 0.05) is 19.8 Å². The maximum Gasteiger partial charge on any atom is 0.310 e. The number of aliphatic carboxylic acids is 1. The van der Waals surface area contributed by atoms with Crippen molar-refractivity contribution in [3.63, 3.8) is 0 Å². The van der Waals surface area contributed by atoms with Gasteiger partial charge in [0.25, 0.3) is 0 Å². The molecule has 16 heavy (non-hydrogen) atoms. The van der Waals surface area contributed by atoms with Gasteiger partial charge in [-0.25, -0.2) is 0 Å². The molecule has 94 valence electrons. The second kappa shape index (κ2) is 6.21. The van der Waals surface area contributed by atoms with E-state index in [-0.39, 0.29) is 0 Å². The summed E-state index contributed by atoms with van der Waals surface area (Å²) in [6.45, 7) is 6.46. The first kappa shape index (κ1) is 13.5. The Morgan fingerprint density at radius 3 is 2.75 bits per heavy atom. The fourth-order valence-corrected chi connectivity index (χ4v) is 1.31. The zero-order valence-electron chi connectivity index (χ0n) is 10.3. The van der Waals surface area contributed by atoms with E-state index in [1.54, 1.807) is 13.8 Å². The molecule has 0 spiro atoms. The molecule has 2 N–H and O–H groups in total. The zero-order chi connectivity index (χ0) is 12.0. The number of hydrogen-bond donors (Lipinski definition) is 2. The Labute approximate surface area is 97.4 Å². The van der Waals surface area contributed by atoms with Crippen molar-refractivity contribution in [2.45, 2.75) is 33.1 Å². The summed E-state index contributed by atoms with van der Waals surface area (Å²) in [4.78, 5) is 10.8. The average Bonchev–Trinajstić information content (AvgIpc) is 2.99. The van der Waals surface area contributed by atoms with Crippen molar-refractivity contribution in [2.75, 3.05) is 26.3 Å². The van der Waals surface area contributed by atoms with Crippen LogP contribution >= 0.6 is 0 Å². The molecule has 0 unspecified atom stereocenters. The number of carbonyl (C=O) groups is 1. The van der Waals surface area contributed by atoms with Crippen LogP contribution in [0, 0.1) is 11.3 Å². The van der Waals surface area contributed by atoms with Crippen LogP contribution in [0.5, 0.6) is 0 Å². The fourth-order valence-electron chi connectivity index (χ4n) is 1.31. The van der Waals surface area contributed by atoms with Crippen molar-refractivity contribution in [3.8, 4) is 0 Å². The lowest BCUT2D eigenvalue weighted by atomic mass is 9.94. The van der Waals surface area contributed by atoms with Crippen molar-refractivity contribution in [3.05, 3.63) is 0 Å². The molecule has 1 rings (SSSR count). The van der Waals surface area contributed by atoms with E-state index in [0.717, 1.165) is 32.1 Å². The van der Waals surface area contributed by atoms with E-state index in [1.807, 2.05) is 0 Å². The molecule has 1 aliphatic carbocycles. The predicted molar refractivity (Wildman–Crippen MR) is 62.4 cm³/mol. The third-order valence-electron chi connectivity index (χ3n) is 2.84. The van der Waals surface area contributed by atoms with Crippen LogP contribution in [-0.4, -0.2) is 37.4 Å². The van der Waals surface area contributed by atoms with Gasteiger partial charge in [0.2, 0.25) is 0 Å². The summed E-state index contributed by atoms with van der Waals surface area (Å²) in [5.41, 5.74) is -0.686. The standard InChI is InChI=1S/C12H23NO3/c1-12(2,11(14)15)9-13-6-3-7-16-8-10-4-5-10/h10,13H,3-9H2,1-2H3,(H,14,15). The van der Waals surface area contributed by atoms with Gasteiger partial charge in [-0.3, -0.25) is 4.79 Å². The maximum absolute atomic E-state index is 10.8. The van der Waals surface area contributed by atoms with Crippen molar-refractivity contribution < 1.29 is 14.6 Å². The Balaban J connectivity index is 1.88. The highest BCUT2D eigenvalue weighted by molar-refractivity contribution is 5.73. The number of nitrogens with one attached hydrogen (secondary N) is 1. The van der Waals surface area contributed by atoms with Crippen molar-refractivity contribution >= 4 is 5.97 Å². The quantitative estimate of drug-likeness (QED) is 0.588. The molecule has 0 heterocycles. The fraction of sp³-hybridized carbons (Fsp3) is 0.917. The zero-order valence-corrected chi connectivity index (χ0v) is 10.3. The Morgan fingerprint density at radius 2 is 2.19 bits per heavy atom. The molecule has 4 heteroatoms. The van der Waals surface area contributed by atoms with E-state index in [0.29, 0.717) is 6.54 Å². The van der Waals surface area contributed by atoms with E-state index in [9.17, 15) is 4.79 Å². The van der Waals surface area contributed by atoms with E-state index in [4.69, 9.17) is 9.84 Å². The SMILES string of the molecule is CC(C)(CNCCCOCC1CC1)C(=O)O. The van der Waals surface area contributed by atoms with E-state index in [2.05, 4.69) is 5.32 Å². The summed E-state index contributed by atoms with van der Waals surface area (Å²) in [6, 6.07) is 0. The molecule has 0 atom stereocenters. The molecular formula is C12H23NO3. The second-order valence-corrected chi connectivity index (χ2v) is 5.24. The van der Waals surface area contributed by atoms with Gasteiger partial charge in [0.15, 0.2) is 0 Å². The van der Waals surface area contributed by atoms with Crippen LogP contribution in [0.2, 0.25) is 0 Å². The smallest absolute Gasteiger partial charge is 0.310 e. The molecule has 0 radical (unpaired) electrons. The van der Waals surface area contributed by atoms with Gasteiger partial charge in [0.05, 0.1) is 5.41 Å². The number of carboxylic acid groups (broad SMARTS) is 1. The first-order chi connectivity index (χ1) is 7.52. The Morgan fingerprint density at radius 1 is 1.50 bits per heavy atom. The van der Waals surface area contributed by atoms with Crippen molar-refractivity contribution in [2.24, 2.45) is 11.3 Å². The molecule has 0 bridgehead atoms. The summed E-state index contributed by atoms with van der Waals surface area (Å²) in [5, 5.41) is 12.0. The average molecular weight is 229 g/mol. The molecular weight excluding hydrogens is 206 g/mol. The van der Waals surface area contributed by atoms with E-state index < -0.39 is 11.4 Å². The van der Waals surface area contributed by atoms with Crippen LogP contribution in [0.25, 0.3) is 0 Å². The van der Waals surface area contributed by atoms with Crippen LogP contribution in [0.15, 0.2) is 0 Å². The highest BCUT2D eigenvalue weighted by Gasteiger charge is 2.26. The van der Waals surface area contributed by atoms with Crippen molar-refractivity contribution in [1.82, 2.24) is 5.32 Å². The molecule has 1 saturated carbocycles. The van der Waals surface area contributed by atoms with Crippen LogP contribution in [0.1, 0.15) is 33.1 Å². The second-order valence-electron chi connectivity index (χ2n) is 5.24. The van der Waals surface area contributed by atoms with Gasteiger partial charge in [-0.15, -0.1) is 0 Å². The minimum absolute atomic E-state index is 0.505. The molecule has 0 aliphatic heterocycles. The first-order valence-corrected chi connectivity index (χ1v) is 6.04. The van der Waals surface area contributed by atoms with Crippen LogP contribution in [-0.2, 0) is 9.53 Å². The molecule has 1 aliphatic rings. The third-order valence-corrected chi connectivity index (χ3v) is 2.84. The molecule has 4 nitrogen and oxygen atoms in total. The number of hydrogen-bond acceptors (Lipinski definition) is 3. The van der Waals surface area contributed by atoms with Gasteiger partial charge < -0.3 is 15.2 Å². The lowest BCUT2D eigenvalue weighted by Crippen LogP contribution is -2.36. The summed E-state index contributed by atoms with van der Waals surface area (Å²) < 4.78 is 5.48. The number of rotatable bonds is 9.